The fourth-order valence-corrected chi connectivity index (χ4v) is 2.92. The molecule has 0 saturated heterocycles. The molecule has 0 spiro atoms. The van der Waals surface area contributed by atoms with Gasteiger partial charge in [0.05, 0.1) is 4.47 Å². The van der Waals surface area contributed by atoms with E-state index in [4.69, 9.17) is 0 Å². The van der Waals surface area contributed by atoms with Crippen molar-refractivity contribution in [2.75, 3.05) is 12.3 Å². The van der Waals surface area contributed by atoms with Gasteiger partial charge in [0.2, 0.25) is 0 Å². The Labute approximate surface area is 126 Å². The second kappa shape index (κ2) is 8.22. The van der Waals surface area contributed by atoms with Gasteiger partial charge in [-0.3, -0.25) is 0 Å². The lowest BCUT2D eigenvalue weighted by atomic mass is 10.1. The maximum absolute atomic E-state index is 14.1. The summed E-state index contributed by atoms with van der Waals surface area (Å²) in [5.41, 5.74) is 0.135. The predicted octanol–water partition coefficient (Wildman–Crippen LogP) is 4.91. The molecule has 1 nitrogen and oxygen atoms in total. The molecule has 0 aromatic heterocycles. The molecule has 1 aromatic carbocycles. The molecule has 0 fully saturated rings. The quantitative estimate of drug-likeness (QED) is 0.700. The van der Waals surface area contributed by atoms with Crippen LogP contribution in [0, 0.1) is 11.6 Å². The molecule has 108 valence electrons. The molecule has 0 aliphatic rings. The summed E-state index contributed by atoms with van der Waals surface area (Å²) < 4.78 is 28.4. The van der Waals surface area contributed by atoms with Crippen LogP contribution in [0.1, 0.15) is 38.8 Å². The van der Waals surface area contributed by atoms with Crippen molar-refractivity contribution in [2.45, 2.75) is 38.5 Å². The summed E-state index contributed by atoms with van der Waals surface area (Å²) in [7, 11) is 0. The van der Waals surface area contributed by atoms with Crippen molar-refractivity contribution < 1.29 is 8.78 Å². The molecule has 19 heavy (non-hydrogen) atoms. The first-order valence-corrected chi connectivity index (χ1v) is 8.29. The fraction of sp³-hybridized carbons (Fsp3) is 0.571. The SMILES string of the molecule is CCCNC(CSC(C)C)c1c(F)ccc(Br)c1F. The minimum Gasteiger partial charge on any atom is -0.309 e. The second-order valence-electron chi connectivity index (χ2n) is 4.65. The van der Waals surface area contributed by atoms with E-state index in [1.807, 2.05) is 6.92 Å². The van der Waals surface area contributed by atoms with Gasteiger partial charge in [-0.2, -0.15) is 11.8 Å². The van der Waals surface area contributed by atoms with E-state index in [1.165, 1.54) is 12.1 Å². The molecule has 1 rings (SSSR count). The zero-order chi connectivity index (χ0) is 14.4. The van der Waals surface area contributed by atoms with E-state index in [1.54, 1.807) is 11.8 Å². The molecule has 0 bridgehead atoms. The van der Waals surface area contributed by atoms with Crippen LogP contribution in [-0.4, -0.2) is 17.5 Å². The minimum absolute atomic E-state index is 0.135. The smallest absolute Gasteiger partial charge is 0.145 e. The van der Waals surface area contributed by atoms with Crippen molar-refractivity contribution >= 4 is 27.7 Å². The first-order chi connectivity index (χ1) is 8.97. The Hall–Kier alpha value is -0.130. The first-order valence-electron chi connectivity index (χ1n) is 6.45. The van der Waals surface area contributed by atoms with Crippen molar-refractivity contribution in [3.8, 4) is 0 Å². The molecule has 1 aromatic rings. The van der Waals surface area contributed by atoms with Gasteiger partial charge in [-0.25, -0.2) is 8.78 Å². The summed E-state index contributed by atoms with van der Waals surface area (Å²) in [6, 6.07) is 2.41. The van der Waals surface area contributed by atoms with Gasteiger partial charge in [0.1, 0.15) is 11.6 Å². The minimum atomic E-state index is -0.502. The van der Waals surface area contributed by atoms with Crippen LogP contribution in [0.5, 0.6) is 0 Å². The van der Waals surface area contributed by atoms with Gasteiger partial charge in [0.15, 0.2) is 0 Å². The lowest BCUT2D eigenvalue weighted by Crippen LogP contribution is -2.26. The van der Waals surface area contributed by atoms with Gasteiger partial charge in [-0.15, -0.1) is 0 Å². The van der Waals surface area contributed by atoms with Crippen LogP contribution in [0.2, 0.25) is 0 Å². The summed E-state index contributed by atoms with van der Waals surface area (Å²) >= 11 is 4.82. The largest absolute Gasteiger partial charge is 0.309 e. The summed E-state index contributed by atoms with van der Waals surface area (Å²) in [6.07, 6.45) is 0.931. The third-order valence-corrected chi connectivity index (χ3v) is 4.47. The number of benzene rings is 1. The van der Waals surface area contributed by atoms with Crippen LogP contribution in [-0.2, 0) is 0 Å². The van der Waals surface area contributed by atoms with E-state index in [0.717, 1.165) is 13.0 Å². The molecular formula is C14H20BrF2NS. The number of rotatable bonds is 7. The van der Waals surface area contributed by atoms with Crippen LogP contribution in [0.4, 0.5) is 8.78 Å². The maximum atomic E-state index is 14.1. The number of nitrogens with one attached hydrogen (secondary N) is 1. The van der Waals surface area contributed by atoms with Gasteiger partial charge in [0, 0.05) is 17.4 Å². The van der Waals surface area contributed by atoms with E-state index >= 15 is 0 Å². The monoisotopic (exact) mass is 351 g/mol. The second-order valence-corrected chi connectivity index (χ2v) is 7.11. The Morgan fingerprint density at radius 3 is 2.58 bits per heavy atom. The Morgan fingerprint density at radius 1 is 1.32 bits per heavy atom. The zero-order valence-corrected chi connectivity index (χ0v) is 13.9. The van der Waals surface area contributed by atoms with E-state index in [-0.39, 0.29) is 11.6 Å². The highest BCUT2D eigenvalue weighted by atomic mass is 79.9. The highest BCUT2D eigenvalue weighted by Crippen LogP contribution is 2.29. The third kappa shape index (κ3) is 5.04. The molecule has 0 saturated carbocycles. The molecule has 1 unspecified atom stereocenters. The summed E-state index contributed by atoms with van der Waals surface area (Å²) in [5.74, 6) is -0.335. The Kier molecular flexibility index (Phi) is 7.32. The van der Waals surface area contributed by atoms with Crippen LogP contribution in [0.3, 0.4) is 0 Å². The molecule has 1 N–H and O–H groups in total. The molecule has 0 amide bonds. The standard InChI is InChI=1S/C14H20BrF2NS/c1-4-7-18-12(8-19-9(2)3)13-11(16)6-5-10(15)14(13)17/h5-6,9,12,18H,4,7-8H2,1-3H3. The van der Waals surface area contributed by atoms with E-state index < -0.39 is 11.6 Å². The number of hydrogen-bond acceptors (Lipinski definition) is 2. The van der Waals surface area contributed by atoms with E-state index in [9.17, 15) is 8.78 Å². The molecule has 1 atom stereocenters. The van der Waals surface area contributed by atoms with Crippen LogP contribution >= 0.6 is 27.7 Å². The van der Waals surface area contributed by atoms with E-state index in [0.29, 0.717) is 15.5 Å². The molecule has 0 aliphatic heterocycles. The summed E-state index contributed by atoms with van der Waals surface area (Å²) in [5, 5.41) is 3.66. The lowest BCUT2D eigenvalue weighted by molar-refractivity contribution is 0.489. The Morgan fingerprint density at radius 2 is 2.00 bits per heavy atom. The maximum Gasteiger partial charge on any atom is 0.145 e. The normalized spacial score (nSPS) is 13.0. The topological polar surface area (TPSA) is 12.0 Å². The highest BCUT2D eigenvalue weighted by Gasteiger charge is 2.22. The molecule has 0 heterocycles. The molecular weight excluding hydrogens is 332 g/mol. The number of hydrogen-bond donors (Lipinski definition) is 1. The van der Waals surface area contributed by atoms with Crippen molar-refractivity contribution in [2.24, 2.45) is 0 Å². The summed E-state index contributed by atoms with van der Waals surface area (Å²) in [4.78, 5) is 0. The third-order valence-electron chi connectivity index (χ3n) is 2.66. The van der Waals surface area contributed by atoms with Gasteiger partial charge in [0.25, 0.3) is 0 Å². The number of halogens is 3. The molecule has 0 aliphatic carbocycles. The van der Waals surface area contributed by atoms with Crippen LogP contribution in [0.25, 0.3) is 0 Å². The fourth-order valence-electron chi connectivity index (χ4n) is 1.71. The average molecular weight is 352 g/mol. The zero-order valence-electron chi connectivity index (χ0n) is 11.5. The van der Waals surface area contributed by atoms with Crippen LogP contribution < -0.4 is 5.32 Å². The average Bonchev–Trinajstić information content (AvgIpc) is 2.36. The number of thioether (sulfide) groups is 1. The Bertz CT molecular complexity index is 413. The van der Waals surface area contributed by atoms with Gasteiger partial charge in [-0.05, 0) is 46.3 Å². The molecule has 5 heteroatoms. The van der Waals surface area contributed by atoms with Crippen LogP contribution in [0.15, 0.2) is 16.6 Å². The van der Waals surface area contributed by atoms with Crippen molar-refractivity contribution in [3.05, 3.63) is 33.8 Å². The predicted molar refractivity (Wildman–Crippen MR) is 82.7 cm³/mol. The Balaban J connectivity index is 2.98. The van der Waals surface area contributed by atoms with Crippen molar-refractivity contribution in [1.82, 2.24) is 5.32 Å². The van der Waals surface area contributed by atoms with Gasteiger partial charge >= 0.3 is 0 Å². The first kappa shape index (κ1) is 16.9. The highest BCUT2D eigenvalue weighted by molar-refractivity contribution is 9.10. The molecule has 0 radical (unpaired) electrons. The van der Waals surface area contributed by atoms with Crippen molar-refractivity contribution in [1.29, 1.82) is 0 Å². The van der Waals surface area contributed by atoms with E-state index in [2.05, 4.69) is 35.1 Å². The van der Waals surface area contributed by atoms with Crippen molar-refractivity contribution in [3.63, 3.8) is 0 Å². The summed E-state index contributed by atoms with van der Waals surface area (Å²) in [6.45, 7) is 6.94. The van der Waals surface area contributed by atoms with Gasteiger partial charge in [-0.1, -0.05) is 20.8 Å². The van der Waals surface area contributed by atoms with Gasteiger partial charge < -0.3 is 5.32 Å². The lowest BCUT2D eigenvalue weighted by Gasteiger charge is -2.21.